The van der Waals surface area contributed by atoms with Gasteiger partial charge in [0.2, 0.25) is 10.0 Å². The first-order valence-corrected chi connectivity index (χ1v) is 8.60. The standard InChI is InChI=1S/C11H17N3O4S2/c1-14(2)20(17,18)6-5-12-11-13-9-7(10(15)16)3-4-8(9)19-11/h7H,3-6H2,1-2H3,(H,12,13)(H,15,16). The summed E-state index contributed by atoms with van der Waals surface area (Å²) in [6.07, 6.45) is 1.32. The molecule has 2 N–H and O–H groups in total. The Morgan fingerprint density at radius 2 is 2.25 bits per heavy atom. The fourth-order valence-corrected chi connectivity index (χ4v) is 3.80. The van der Waals surface area contributed by atoms with Gasteiger partial charge in [-0.15, -0.1) is 11.3 Å². The zero-order valence-electron chi connectivity index (χ0n) is 11.3. The number of aromatic nitrogens is 1. The Kier molecular flexibility index (Phi) is 4.31. The summed E-state index contributed by atoms with van der Waals surface area (Å²) in [5, 5.41) is 12.6. The number of fused-ring (bicyclic) bond motifs is 1. The van der Waals surface area contributed by atoms with Crippen molar-refractivity contribution in [1.82, 2.24) is 9.29 Å². The quantitative estimate of drug-likeness (QED) is 0.795. The average molecular weight is 319 g/mol. The van der Waals surface area contributed by atoms with Crippen LogP contribution in [0.4, 0.5) is 5.13 Å². The number of carboxylic acids is 1. The summed E-state index contributed by atoms with van der Waals surface area (Å²) in [6.45, 7) is 0.255. The maximum atomic E-state index is 11.6. The molecular weight excluding hydrogens is 302 g/mol. The first-order chi connectivity index (χ1) is 9.31. The SMILES string of the molecule is CN(C)S(=O)(=O)CCNc1nc2c(s1)CCC2C(=O)O. The third-order valence-corrected chi connectivity index (χ3v) is 6.13. The van der Waals surface area contributed by atoms with Gasteiger partial charge < -0.3 is 10.4 Å². The summed E-state index contributed by atoms with van der Waals surface area (Å²) in [4.78, 5) is 16.3. The van der Waals surface area contributed by atoms with Crippen molar-refractivity contribution in [3.8, 4) is 0 Å². The van der Waals surface area contributed by atoms with Gasteiger partial charge in [0.05, 0.1) is 11.4 Å². The zero-order valence-corrected chi connectivity index (χ0v) is 12.9. The molecule has 112 valence electrons. The number of nitrogens with zero attached hydrogens (tertiary/aromatic N) is 2. The summed E-state index contributed by atoms with van der Waals surface area (Å²) in [5.74, 6) is -1.40. The molecule has 0 aromatic carbocycles. The van der Waals surface area contributed by atoms with E-state index in [4.69, 9.17) is 5.11 Å². The molecule has 1 aliphatic carbocycles. The molecule has 0 radical (unpaired) electrons. The van der Waals surface area contributed by atoms with Crippen molar-refractivity contribution in [3.63, 3.8) is 0 Å². The first kappa shape index (κ1) is 15.2. The van der Waals surface area contributed by atoms with Gasteiger partial charge in [0.1, 0.15) is 5.92 Å². The van der Waals surface area contributed by atoms with Crippen molar-refractivity contribution in [3.05, 3.63) is 10.6 Å². The maximum Gasteiger partial charge on any atom is 0.312 e. The lowest BCUT2D eigenvalue weighted by molar-refractivity contribution is -0.138. The molecular formula is C11H17N3O4S2. The third kappa shape index (κ3) is 3.10. The largest absolute Gasteiger partial charge is 0.481 e. The second-order valence-electron chi connectivity index (χ2n) is 4.78. The molecule has 1 unspecified atom stereocenters. The van der Waals surface area contributed by atoms with E-state index >= 15 is 0 Å². The molecule has 0 saturated heterocycles. The smallest absolute Gasteiger partial charge is 0.312 e. The molecule has 1 atom stereocenters. The van der Waals surface area contributed by atoms with Crippen LogP contribution in [0.1, 0.15) is 22.9 Å². The summed E-state index contributed by atoms with van der Waals surface area (Å²) < 4.78 is 24.4. The lowest BCUT2D eigenvalue weighted by atomic mass is 10.1. The summed E-state index contributed by atoms with van der Waals surface area (Å²) in [5.41, 5.74) is 0.625. The van der Waals surface area contributed by atoms with Crippen LogP contribution in [-0.4, -0.2) is 55.2 Å². The summed E-state index contributed by atoms with van der Waals surface area (Å²) >= 11 is 1.41. The van der Waals surface area contributed by atoms with E-state index in [1.807, 2.05) is 0 Å². The number of anilines is 1. The van der Waals surface area contributed by atoms with Gasteiger partial charge >= 0.3 is 5.97 Å². The van der Waals surface area contributed by atoms with E-state index in [1.54, 1.807) is 0 Å². The van der Waals surface area contributed by atoms with Crippen molar-refractivity contribution in [2.45, 2.75) is 18.8 Å². The second kappa shape index (κ2) is 5.66. The lowest BCUT2D eigenvalue weighted by Gasteiger charge is -2.11. The Morgan fingerprint density at radius 1 is 1.55 bits per heavy atom. The van der Waals surface area contributed by atoms with E-state index in [0.29, 0.717) is 17.2 Å². The van der Waals surface area contributed by atoms with E-state index in [9.17, 15) is 13.2 Å². The number of hydrogen-bond donors (Lipinski definition) is 2. The Bertz CT molecular complexity index is 609. The number of aryl methyl sites for hydroxylation is 1. The number of carboxylic acid groups (broad SMARTS) is 1. The van der Waals surface area contributed by atoms with Gasteiger partial charge in [0.15, 0.2) is 5.13 Å². The van der Waals surface area contributed by atoms with E-state index < -0.39 is 21.9 Å². The number of nitrogens with one attached hydrogen (secondary N) is 1. The molecule has 1 aromatic rings. The van der Waals surface area contributed by atoms with Gasteiger partial charge in [-0.2, -0.15) is 0 Å². The highest BCUT2D eigenvalue weighted by atomic mass is 32.2. The highest BCUT2D eigenvalue weighted by Crippen LogP contribution is 2.38. The van der Waals surface area contributed by atoms with E-state index in [1.165, 1.54) is 29.7 Å². The lowest BCUT2D eigenvalue weighted by Crippen LogP contribution is -2.28. The van der Waals surface area contributed by atoms with Gasteiger partial charge in [-0.25, -0.2) is 17.7 Å². The molecule has 0 amide bonds. The van der Waals surface area contributed by atoms with Crippen LogP contribution in [0.3, 0.4) is 0 Å². The van der Waals surface area contributed by atoms with Crippen LogP contribution in [-0.2, 0) is 21.2 Å². The van der Waals surface area contributed by atoms with Crippen molar-refractivity contribution >= 4 is 32.5 Å². The number of sulfonamides is 1. The number of hydrogen-bond acceptors (Lipinski definition) is 6. The summed E-state index contributed by atoms with van der Waals surface area (Å²) in [6, 6.07) is 0. The predicted octanol–water partition coefficient (Wildman–Crippen LogP) is 0.561. The van der Waals surface area contributed by atoms with Gasteiger partial charge in [0, 0.05) is 25.5 Å². The van der Waals surface area contributed by atoms with Crippen LogP contribution in [0.5, 0.6) is 0 Å². The van der Waals surface area contributed by atoms with Crippen LogP contribution in [0.25, 0.3) is 0 Å². The van der Waals surface area contributed by atoms with Gasteiger partial charge in [0.25, 0.3) is 0 Å². The monoisotopic (exact) mass is 319 g/mol. The van der Waals surface area contributed by atoms with E-state index in [0.717, 1.165) is 11.3 Å². The van der Waals surface area contributed by atoms with Crippen molar-refractivity contribution in [1.29, 1.82) is 0 Å². The molecule has 0 saturated carbocycles. The Morgan fingerprint density at radius 3 is 2.85 bits per heavy atom. The molecule has 1 aromatic heterocycles. The minimum absolute atomic E-state index is 0.0212. The third-order valence-electron chi connectivity index (χ3n) is 3.21. The second-order valence-corrected chi connectivity index (χ2v) is 8.17. The normalized spacial score (nSPS) is 18.2. The highest BCUT2D eigenvalue weighted by molar-refractivity contribution is 7.89. The van der Waals surface area contributed by atoms with E-state index in [2.05, 4.69) is 10.3 Å². The molecule has 20 heavy (non-hydrogen) atoms. The highest BCUT2D eigenvalue weighted by Gasteiger charge is 2.32. The number of aliphatic carboxylic acids is 1. The van der Waals surface area contributed by atoms with Gasteiger partial charge in [-0.3, -0.25) is 4.79 Å². The van der Waals surface area contributed by atoms with Crippen molar-refractivity contribution < 1.29 is 18.3 Å². The molecule has 9 heteroatoms. The van der Waals surface area contributed by atoms with Crippen LogP contribution in [0, 0.1) is 0 Å². The average Bonchev–Trinajstić information content (AvgIpc) is 2.87. The maximum absolute atomic E-state index is 11.6. The van der Waals surface area contributed by atoms with E-state index in [-0.39, 0.29) is 12.3 Å². The molecule has 1 aliphatic rings. The number of rotatable bonds is 6. The van der Waals surface area contributed by atoms with Crippen LogP contribution >= 0.6 is 11.3 Å². The Hall–Kier alpha value is -1.19. The Balaban J connectivity index is 1.97. The Labute approximate surface area is 121 Å². The van der Waals surface area contributed by atoms with Crippen molar-refractivity contribution in [2.75, 3.05) is 31.7 Å². The van der Waals surface area contributed by atoms with Crippen LogP contribution in [0.15, 0.2) is 0 Å². The molecule has 2 rings (SSSR count). The summed E-state index contributed by atoms with van der Waals surface area (Å²) in [7, 11) is -0.252. The zero-order chi connectivity index (χ0) is 14.9. The number of carbonyl (C=O) groups is 1. The van der Waals surface area contributed by atoms with Gasteiger partial charge in [-0.05, 0) is 12.8 Å². The molecule has 0 spiro atoms. The van der Waals surface area contributed by atoms with Crippen LogP contribution in [0.2, 0.25) is 0 Å². The minimum Gasteiger partial charge on any atom is -0.481 e. The molecule has 0 bridgehead atoms. The van der Waals surface area contributed by atoms with Crippen molar-refractivity contribution in [2.24, 2.45) is 0 Å². The predicted molar refractivity (Wildman–Crippen MR) is 76.8 cm³/mol. The van der Waals surface area contributed by atoms with Gasteiger partial charge in [-0.1, -0.05) is 0 Å². The first-order valence-electron chi connectivity index (χ1n) is 6.17. The van der Waals surface area contributed by atoms with Crippen LogP contribution < -0.4 is 5.32 Å². The molecule has 7 nitrogen and oxygen atoms in total. The molecule has 1 heterocycles. The molecule has 0 aliphatic heterocycles. The fraction of sp³-hybridized carbons (Fsp3) is 0.636. The fourth-order valence-electron chi connectivity index (χ4n) is 2.01. The minimum atomic E-state index is -3.23. The molecule has 0 fully saturated rings. The number of thiazole rings is 1. The topological polar surface area (TPSA) is 99.6 Å².